The van der Waals surface area contributed by atoms with Crippen LogP contribution < -0.4 is 10.6 Å². The molecule has 1 amide bonds. The highest BCUT2D eigenvalue weighted by Gasteiger charge is 2.21. The van der Waals surface area contributed by atoms with E-state index in [9.17, 15) is 4.79 Å². The van der Waals surface area contributed by atoms with E-state index in [0.717, 1.165) is 31.3 Å². The standard InChI is InChI=1S/C20H23N5O2/c26-20(14-8-11-27-12-9-14)23-19-6-5-18(24-25-19)21-10-7-15-13-22-17-4-2-1-3-16(15)17/h1-6,13-14,22H,7-12H2,(H,21,24)(H,23,25,26). The summed E-state index contributed by atoms with van der Waals surface area (Å²) in [5.74, 6) is 1.16. The van der Waals surface area contributed by atoms with E-state index in [0.29, 0.717) is 24.8 Å². The topological polar surface area (TPSA) is 91.9 Å². The quantitative estimate of drug-likeness (QED) is 0.625. The van der Waals surface area contributed by atoms with Gasteiger partial charge in [0.1, 0.15) is 5.82 Å². The summed E-state index contributed by atoms with van der Waals surface area (Å²) in [5.41, 5.74) is 2.42. The Balaban J connectivity index is 1.28. The number of carbonyl (C=O) groups excluding carboxylic acids is 1. The summed E-state index contributed by atoms with van der Waals surface area (Å²) < 4.78 is 5.29. The molecule has 1 aromatic carbocycles. The van der Waals surface area contributed by atoms with Crippen LogP contribution in [-0.2, 0) is 16.0 Å². The largest absolute Gasteiger partial charge is 0.381 e. The Labute approximate surface area is 157 Å². The van der Waals surface area contributed by atoms with Crippen LogP contribution in [0.3, 0.4) is 0 Å². The number of aromatic amines is 1. The Hall–Kier alpha value is -2.93. The summed E-state index contributed by atoms with van der Waals surface area (Å²) in [4.78, 5) is 15.5. The molecule has 0 saturated carbocycles. The number of H-pyrrole nitrogens is 1. The fourth-order valence-electron chi connectivity index (χ4n) is 3.34. The molecule has 2 aromatic heterocycles. The normalized spacial score (nSPS) is 15.0. The first-order valence-corrected chi connectivity index (χ1v) is 9.31. The second kappa shape index (κ2) is 8.18. The molecular weight excluding hydrogens is 342 g/mol. The van der Waals surface area contributed by atoms with Crippen molar-refractivity contribution in [2.45, 2.75) is 19.3 Å². The lowest BCUT2D eigenvalue weighted by atomic mass is 9.99. The van der Waals surface area contributed by atoms with Crippen LogP contribution in [0.5, 0.6) is 0 Å². The van der Waals surface area contributed by atoms with Crippen LogP contribution >= 0.6 is 0 Å². The van der Waals surface area contributed by atoms with Crippen molar-refractivity contribution in [3.8, 4) is 0 Å². The highest BCUT2D eigenvalue weighted by Crippen LogP contribution is 2.19. The second-order valence-electron chi connectivity index (χ2n) is 6.72. The minimum absolute atomic E-state index is 0.00507. The van der Waals surface area contributed by atoms with Crippen molar-refractivity contribution < 1.29 is 9.53 Å². The fraction of sp³-hybridized carbons (Fsp3) is 0.350. The average Bonchev–Trinajstić information content (AvgIpc) is 3.13. The van der Waals surface area contributed by atoms with E-state index in [1.165, 1.54) is 10.9 Å². The van der Waals surface area contributed by atoms with E-state index in [4.69, 9.17) is 4.74 Å². The Morgan fingerprint density at radius 3 is 2.70 bits per heavy atom. The number of hydrogen-bond acceptors (Lipinski definition) is 5. The second-order valence-corrected chi connectivity index (χ2v) is 6.72. The summed E-state index contributed by atoms with van der Waals surface area (Å²) in [6.07, 6.45) is 4.44. The van der Waals surface area contributed by atoms with Crippen LogP contribution in [0.25, 0.3) is 10.9 Å². The van der Waals surface area contributed by atoms with Gasteiger partial charge in [0, 0.05) is 42.8 Å². The van der Waals surface area contributed by atoms with Crippen molar-refractivity contribution in [2.24, 2.45) is 5.92 Å². The number of fused-ring (bicyclic) bond motifs is 1. The molecule has 3 N–H and O–H groups in total. The van der Waals surface area contributed by atoms with Crippen molar-refractivity contribution in [2.75, 3.05) is 30.4 Å². The van der Waals surface area contributed by atoms with Crippen LogP contribution in [0.2, 0.25) is 0 Å². The number of ether oxygens (including phenoxy) is 1. The minimum Gasteiger partial charge on any atom is -0.381 e. The molecule has 0 aliphatic carbocycles. The number of aromatic nitrogens is 3. The number of para-hydroxylation sites is 1. The zero-order valence-electron chi connectivity index (χ0n) is 15.1. The molecular formula is C20H23N5O2. The molecule has 1 aliphatic rings. The lowest BCUT2D eigenvalue weighted by molar-refractivity contribution is -0.122. The highest BCUT2D eigenvalue weighted by atomic mass is 16.5. The number of carbonyl (C=O) groups is 1. The number of nitrogens with zero attached hydrogens (tertiary/aromatic N) is 2. The number of rotatable bonds is 6. The van der Waals surface area contributed by atoms with E-state index < -0.39 is 0 Å². The predicted octanol–water partition coefficient (Wildman–Crippen LogP) is 2.98. The van der Waals surface area contributed by atoms with E-state index >= 15 is 0 Å². The van der Waals surface area contributed by atoms with Gasteiger partial charge in [-0.25, -0.2) is 0 Å². The van der Waals surface area contributed by atoms with Gasteiger partial charge in [-0.1, -0.05) is 18.2 Å². The molecule has 4 rings (SSSR count). The van der Waals surface area contributed by atoms with Gasteiger partial charge in [-0.2, -0.15) is 0 Å². The van der Waals surface area contributed by atoms with Crippen molar-refractivity contribution in [3.63, 3.8) is 0 Å². The van der Waals surface area contributed by atoms with Gasteiger partial charge in [-0.15, -0.1) is 10.2 Å². The first kappa shape index (κ1) is 17.5. The van der Waals surface area contributed by atoms with Crippen LogP contribution in [0.15, 0.2) is 42.6 Å². The number of anilines is 2. The Morgan fingerprint density at radius 1 is 1.11 bits per heavy atom. The van der Waals surface area contributed by atoms with Crippen LogP contribution in [0.4, 0.5) is 11.6 Å². The predicted molar refractivity (Wildman–Crippen MR) is 105 cm³/mol. The van der Waals surface area contributed by atoms with Gasteiger partial charge >= 0.3 is 0 Å². The molecule has 0 atom stereocenters. The summed E-state index contributed by atoms with van der Waals surface area (Å²) in [5, 5.41) is 15.6. The van der Waals surface area contributed by atoms with Crippen molar-refractivity contribution in [3.05, 3.63) is 48.2 Å². The lowest BCUT2D eigenvalue weighted by Gasteiger charge is -2.20. The Kier molecular flexibility index (Phi) is 5.29. The van der Waals surface area contributed by atoms with Crippen LogP contribution in [0, 0.1) is 5.92 Å². The summed E-state index contributed by atoms with van der Waals surface area (Å²) in [6, 6.07) is 11.9. The van der Waals surface area contributed by atoms with E-state index in [-0.39, 0.29) is 11.8 Å². The van der Waals surface area contributed by atoms with E-state index in [1.807, 2.05) is 24.4 Å². The van der Waals surface area contributed by atoms with Gasteiger partial charge in [0.2, 0.25) is 5.91 Å². The SMILES string of the molecule is O=C(Nc1ccc(NCCc2c[nH]c3ccccc23)nn1)C1CCOCC1. The zero-order chi connectivity index (χ0) is 18.5. The van der Waals surface area contributed by atoms with Crippen molar-refractivity contribution in [1.29, 1.82) is 0 Å². The zero-order valence-corrected chi connectivity index (χ0v) is 15.1. The third-order valence-electron chi connectivity index (χ3n) is 4.88. The van der Waals surface area contributed by atoms with Gasteiger partial charge < -0.3 is 20.4 Å². The monoisotopic (exact) mass is 365 g/mol. The molecule has 140 valence electrons. The maximum Gasteiger partial charge on any atom is 0.228 e. The number of nitrogens with one attached hydrogen (secondary N) is 3. The molecule has 7 nitrogen and oxygen atoms in total. The number of benzene rings is 1. The Morgan fingerprint density at radius 2 is 1.89 bits per heavy atom. The maximum atomic E-state index is 12.2. The molecule has 1 fully saturated rings. The van der Waals surface area contributed by atoms with Gasteiger partial charge in [-0.3, -0.25) is 4.79 Å². The molecule has 3 heterocycles. The van der Waals surface area contributed by atoms with E-state index in [2.05, 4.69) is 37.9 Å². The average molecular weight is 365 g/mol. The number of hydrogen-bond donors (Lipinski definition) is 3. The third kappa shape index (κ3) is 4.25. The van der Waals surface area contributed by atoms with Crippen LogP contribution in [0.1, 0.15) is 18.4 Å². The van der Waals surface area contributed by atoms with Crippen LogP contribution in [-0.4, -0.2) is 40.8 Å². The summed E-state index contributed by atoms with van der Waals surface area (Å²) in [7, 11) is 0. The molecule has 0 radical (unpaired) electrons. The molecule has 3 aromatic rings. The van der Waals surface area contributed by atoms with Crippen molar-refractivity contribution >= 4 is 28.4 Å². The molecule has 0 bridgehead atoms. The van der Waals surface area contributed by atoms with E-state index in [1.54, 1.807) is 6.07 Å². The minimum atomic E-state index is -0.00681. The first-order chi connectivity index (χ1) is 13.3. The summed E-state index contributed by atoms with van der Waals surface area (Å²) >= 11 is 0. The van der Waals surface area contributed by atoms with Gasteiger partial charge in [0.25, 0.3) is 0 Å². The van der Waals surface area contributed by atoms with Gasteiger partial charge in [-0.05, 0) is 43.0 Å². The van der Waals surface area contributed by atoms with Crippen molar-refractivity contribution in [1.82, 2.24) is 15.2 Å². The molecule has 27 heavy (non-hydrogen) atoms. The lowest BCUT2D eigenvalue weighted by Crippen LogP contribution is -2.28. The maximum absolute atomic E-state index is 12.2. The first-order valence-electron chi connectivity index (χ1n) is 9.31. The van der Waals surface area contributed by atoms with Gasteiger partial charge in [0.15, 0.2) is 5.82 Å². The number of amides is 1. The molecule has 0 unspecified atom stereocenters. The molecule has 7 heteroatoms. The summed E-state index contributed by atoms with van der Waals surface area (Å²) in [6.45, 7) is 2.04. The molecule has 1 saturated heterocycles. The molecule has 1 aliphatic heterocycles. The molecule has 0 spiro atoms. The highest BCUT2D eigenvalue weighted by molar-refractivity contribution is 5.91. The van der Waals surface area contributed by atoms with Gasteiger partial charge in [0.05, 0.1) is 0 Å². The smallest absolute Gasteiger partial charge is 0.228 e. The fourth-order valence-corrected chi connectivity index (χ4v) is 3.34. The third-order valence-corrected chi connectivity index (χ3v) is 4.88. The Bertz CT molecular complexity index is 900.